The molecule has 1 saturated heterocycles. The van der Waals surface area contributed by atoms with Crippen LogP contribution in [0.25, 0.3) is 0 Å². The van der Waals surface area contributed by atoms with Gasteiger partial charge in [-0.15, -0.1) is 24.0 Å². The van der Waals surface area contributed by atoms with Gasteiger partial charge in [-0.05, 0) is 18.3 Å². The minimum Gasteiger partial charge on any atom is -0.385 e. The van der Waals surface area contributed by atoms with Crippen LogP contribution in [0.15, 0.2) is 4.99 Å². The van der Waals surface area contributed by atoms with Gasteiger partial charge in [-0.3, -0.25) is 4.99 Å². The first-order valence-corrected chi connectivity index (χ1v) is 6.03. The van der Waals surface area contributed by atoms with Gasteiger partial charge in [0.1, 0.15) is 0 Å². The molecule has 1 fully saturated rings. The highest BCUT2D eigenvalue weighted by Gasteiger charge is 2.30. The molecule has 0 aromatic heterocycles. The lowest BCUT2D eigenvalue weighted by Crippen LogP contribution is -2.41. The predicted octanol–water partition coefficient (Wildman–Crippen LogP) is 1.95. The van der Waals surface area contributed by atoms with Crippen LogP contribution in [0.4, 0.5) is 0 Å². The lowest BCUT2D eigenvalue weighted by Gasteiger charge is -2.23. The van der Waals surface area contributed by atoms with Gasteiger partial charge in [-0.1, -0.05) is 13.8 Å². The lowest BCUT2D eigenvalue weighted by atomic mass is 9.93. The van der Waals surface area contributed by atoms with Crippen molar-refractivity contribution in [3.8, 4) is 0 Å². The molecule has 1 heterocycles. The van der Waals surface area contributed by atoms with Crippen LogP contribution in [0.2, 0.25) is 0 Å². The summed E-state index contributed by atoms with van der Waals surface area (Å²) in [5.74, 6) is 1.03. The van der Waals surface area contributed by atoms with Crippen molar-refractivity contribution in [2.24, 2.45) is 10.4 Å². The van der Waals surface area contributed by atoms with E-state index < -0.39 is 0 Å². The van der Waals surface area contributed by atoms with Gasteiger partial charge in [-0.25, -0.2) is 0 Å². The van der Waals surface area contributed by atoms with Gasteiger partial charge in [0.15, 0.2) is 5.96 Å². The molecule has 4 nitrogen and oxygen atoms in total. The topological polar surface area (TPSA) is 36.9 Å². The highest BCUT2D eigenvalue weighted by atomic mass is 127. The van der Waals surface area contributed by atoms with Crippen LogP contribution < -0.4 is 5.32 Å². The summed E-state index contributed by atoms with van der Waals surface area (Å²) in [6.45, 7) is 8.55. The second-order valence-electron chi connectivity index (χ2n) is 5.16. The molecule has 1 aliphatic heterocycles. The molecule has 17 heavy (non-hydrogen) atoms. The van der Waals surface area contributed by atoms with E-state index in [9.17, 15) is 0 Å². The quantitative estimate of drug-likeness (QED) is 0.363. The zero-order valence-electron chi connectivity index (χ0n) is 11.5. The van der Waals surface area contributed by atoms with Crippen molar-refractivity contribution in [1.29, 1.82) is 0 Å². The molecule has 0 aromatic rings. The molecular weight excluding hydrogens is 329 g/mol. The number of rotatable bonds is 4. The van der Waals surface area contributed by atoms with Gasteiger partial charge in [0, 0.05) is 40.4 Å². The Morgan fingerprint density at radius 2 is 2.18 bits per heavy atom. The number of nitrogens with zero attached hydrogens (tertiary/aromatic N) is 2. The molecule has 1 rings (SSSR count). The Kier molecular flexibility index (Phi) is 8.11. The number of likely N-dealkylation sites (tertiary alicyclic amines) is 1. The molecule has 5 heteroatoms. The second kappa shape index (κ2) is 8.13. The van der Waals surface area contributed by atoms with Gasteiger partial charge in [-0.2, -0.15) is 0 Å². The maximum absolute atomic E-state index is 5.02. The average Bonchev–Trinajstić information content (AvgIpc) is 2.59. The van der Waals surface area contributed by atoms with Crippen LogP contribution >= 0.6 is 24.0 Å². The van der Waals surface area contributed by atoms with E-state index in [-0.39, 0.29) is 24.0 Å². The van der Waals surface area contributed by atoms with Crippen LogP contribution in [0, 0.1) is 5.41 Å². The molecule has 102 valence electrons. The van der Waals surface area contributed by atoms with Gasteiger partial charge >= 0.3 is 0 Å². The molecular formula is C12H26IN3O. The third kappa shape index (κ3) is 5.90. The number of hydrogen-bond acceptors (Lipinski definition) is 2. The van der Waals surface area contributed by atoms with Crippen molar-refractivity contribution in [2.45, 2.75) is 26.7 Å². The third-order valence-electron chi connectivity index (χ3n) is 3.00. The Morgan fingerprint density at radius 3 is 2.65 bits per heavy atom. The van der Waals surface area contributed by atoms with Gasteiger partial charge < -0.3 is 15.0 Å². The fourth-order valence-corrected chi connectivity index (χ4v) is 2.04. The number of halogens is 1. The maximum Gasteiger partial charge on any atom is 0.193 e. The molecule has 1 N–H and O–H groups in total. The zero-order valence-corrected chi connectivity index (χ0v) is 13.8. The number of nitrogens with one attached hydrogen (secondary N) is 1. The Balaban J connectivity index is 0.00000256. The number of hydrogen-bond donors (Lipinski definition) is 1. The van der Waals surface area contributed by atoms with E-state index in [1.807, 2.05) is 7.05 Å². The van der Waals surface area contributed by atoms with Crippen molar-refractivity contribution in [3.05, 3.63) is 0 Å². The summed E-state index contributed by atoms with van der Waals surface area (Å²) in [6.07, 6.45) is 2.26. The van der Waals surface area contributed by atoms with Gasteiger partial charge in [0.25, 0.3) is 0 Å². The SMILES string of the molecule is CN=C(NCCCOC)N1CCC(C)(C)C1.I. The highest BCUT2D eigenvalue weighted by molar-refractivity contribution is 14.0. The summed E-state index contributed by atoms with van der Waals surface area (Å²) in [6, 6.07) is 0. The second-order valence-corrected chi connectivity index (χ2v) is 5.16. The molecule has 1 aliphatic rings. The van der Waals surface area contributed by atoms with Crippen LogP contribution in [-0.4, -0.2) is 51.3 Å². The molecule has 0 unspecified atom stereocenters. The summed E-state index contributed by atoms with van der Waals surface area (Å²) >= 11 is 0. The van der Waals surface area contributed by atoms with E-state index in [4.69, 9.17) is 4.74 Å². The Bertz CT molecular complexity index is 244. The Labute approximate surface area is 122 Å². The maximum atomic E-state index is 5.02. The van der Waals surface area contributed by atoms with E-state index in [0.29, 0.717) is 5.41 Å². The first-order valence-electron chi connectivity index (χ1n) is 6.03. The van der Waals surface area contributed by atoms with E-state index in [2.05, 4.69) is 29.1 Å². The lowest BCUT2D eigenvalue weighted by molar-refractivity contribution is 0.195. The molecule has 0 aromatic carbocycles. The Morgan fingerprint density at radius 1 is 1.47 bits per heavy atom. The molecule has 0 aliphatic carbocycles. The van der Waals surface area contributed by atoms with Crippen molar-refractivity contribution in [2.75, 3.05) is 40.4 Å². The number of aliphatic imine (C=N–C) groups is 1. The first kappa shape index (κ1) is 17.0. The van der Waals surface area contributed by atoms with Crippen LogP contribution in [0.1, 0.15) is 26.7 Å². The van der Waals surface area contributed by atoms with Crippen molar-refractivity contribution < 1.29 is 4.74 Å². The molecule has 0 saturated carbocycles. The highest BCUT2D eigenvalue weighted by Crippen LogP contribution is 2.28. The van der Waals surface area contributed by atoms with Gasteiger partial charge in [0.05, 0.1) is 0 Å². The van der Waals surface area contributed by atoms with E-state index in [1.54, 1.807) is 7.11 Å². The largest absolute Gasteiger partial charge is 0.385 e. The molecule has 0 amide bonds. The average molecular weight is 355 g/mol. The third-order valence-corrected chi connectivity index (χ3v) is 3.00. The summed E-state index contributed by atoms with van der Waals surface area (Å²) in [5, 5.41) is 3.38. The summed E-state index contributed by atoms with van der Waals surface area (Å²) < 4.78 is 5.02. The van der Waals surface area contributed by atoms with E-state index in [0.717, 1.165) is 38.6 Å². The van der Waals surface area contributed by atoms with Crippen molar-refractivity contribution in [3.63, 3.8) is 0 Å². The molecule has 0 spiro atoms. The van der Waals surface area contributed by atoms with Gasteiger partial charge in [0.2, 0.25) is 0 Å². The Hall–Kier alpha value is -0.0400. The van der Waals surface area contributed by atoms with Crippen LogP contribution in [0.3, 0.4) is 0 Å². The minimum atomic E-state index is 0. The molecule has 0 bridgehead atoms. The van der Waals surface area contributed by atoms with Crippen LogP contribution in [-0.2, 0) is 4.74 Å². The summed E-state index contributed by atoms with van der Waals surface area (Å²) in [5.41, 5.74) is 0.421. The minimum absolute atomic E-state index is 0. The molecule has 0 atom stereocenters. The van der Waals surface area contributed by atoms with Crippen LogP contribution in [0.5, 0.6) is 0 Å². The monoisotopic (exact) mass is 355 g/mol. The summed E-state index contributed by atoms with van der Waals surface area (Å²) in [7, 11) is 3.59. The number of ether oxygens (including phenoxy) is 1. The normalized spacial score (nSPS) is 19.1. The zero-order chi connectivity index (χ0) is 12.0. The standard InChI is InChI=1S/C12H25N3O.HI/c1-12(2)6-8-15(10-12)11(13-3)14-7-5-9-16-4;/h5-10H2,1-4H3,(H,13,14);1H. The fourth-order valence-electron chi connectivity index (χ4n) is 2.04. The fraction of sp³-hybridized carbons (Fsp3) is 0.917. The van der Waals surface area contributed by atoms with Crippen molar-refractivity contribution >= 4 is 29.9 Å². The number of guanidine groups is 1. The summed E-state index contributed by atoms with van der Waals surface area (Å²) in [4.78, 5) is 6.66. The predicted molar refractivity (Wildman–Crippen MR) is 83.2 cm³/mol. The smallest absolute Gasteiger partial charge is 0.193 e. The van der Waals surface area contributed by atoms with E-state index in [1.165, 1.54) is 6.42 Å². The first-order chi connectivity index (χ1) is 7.59. The molecule has 0 radical (unpaired) electrons. The number of methoxy groups -OCH3 is 1. The van der Waals surface area contributed by atoms with Crippen molar-refractivity contribution in [1.82, 2.24) is 10.2 Å². The van der Waals surface area contributed by atoms with E-state index >= 15 is 0 Å².